The molecule has 1 aliphatic heterocycles. The van der Waals surface area contributed by atoms with Crippen LogP contribution >= 0.6 is 33.9 Å². The molecule has 1 saturated heterocycles. The average molecular weight is 322 g/mol. The molecule has 0 aromatic carbocycles. The van der Waals surface area contributed by atoms with Gasteiger partial charge in [-0.25, -0.2) is 0 Å². The molecule has 1 amide bonds. The van der Waals surface area contributed by atoms with E-state index in [1.54, 1.807) is 11.3 Å². The molecule has 1 atom stereocenters. The minimum Gasteiger partial charge on any atom is -0.337 e. The molecule has 0 unspecified atom stereocenters. The highest BCUT2D eigenvalue weighted by molar-refractivity contribution is 14.1. The van der Waals surface area contributed by atoms with Crippen molar-refractivity contribution < 1.29 is 4.79 Å². The van der Waals surface area contributed by atoms with Crippen LogP contribution in [-0.4, -0.2) is 29.9 Å². The summed E-state index contributed by atoms with van der Waals surface area (Å²) in [5, 5.41) is 1.91. The summed E-state index contributed by atoms with van der Waals surface area (Å²) in [6.45, 7) is 1.50. The second kappa shape index (κ2) is 4.16. The quantitative estimate of drug-likeness (QED) is 0.797. The van der Waals surface area contributed by atoms with Crippen molar-refractivity contribution in [3.8, 4) is 0 Å². The van der Waals surface area contributed by atoms with Crippen LogP contribution in [0, 0.1) is 2.88 Å². The standard InChI is InChI=1S/C9H11IN2OS/c10-8-3-6(5-14-8)9(13)12-2-1-7(11)4-12/h3,5,7H,1-2,4,11H2/t7-/m0/s1. The van der Waals surface area contributed by atoms with Gasteiger partial charge in [0.05, 0.1) is 8.45 Å². The zero-order valence-corrected chi connectivity index (χ0v) is 10.5. The zero-order valence-electron chi connectivity index (χ0n) is 7.57. The first kappa shape index (κ1) is 10.4. The number of nitrogens with two attached hydrogens (primary N) is 1. The summed E-state index contributed by atoms with van der Waals surface area (Å²) in [5.41, 5.74) is 6.55. The molecule has 2 heterocycles. The van der Waals surface area contributed by atoms with Gasteiger partial charge in [0.25, 0.3) is 5.91 Å². The number of halogens is 1. The van der Waals surface area contributed by atoms with Crippen molar-refractivity contribution in [2.24, 2.45) is 5.73 Å². The maximum Gasteiger partial charge on any atom is 0.254 e. The topological polar surface area (TPSA) is 46.3 Å². The predicted molar refractivity (Wildman–Crippen MR) is 65.5 cm³/mol. The van der Waals surface area contributed by atoms with E-state index in [0.717, 1.165) is 21.4 Å². The van der Waals surface area contributed by atoms with Crippen LogP contribution in [0.3, 0.4) is 0 Å². The lowest BCUT2D eigenvalue weighted by Gasteiger charge is -2.14. The smallest absolute Gasteiger partial charge is 0.254 e. The molecule has 1 fully saturated rings. The maximum absolute atomic E-state index is 11.9. The fraction of sp³-hybridized carbons (Fsp3) is 0.444. The van der Waals surface area contributed by atoms with Gasteiger partial charge in [-0.2, -0.15) is 0 Å². The number of rotatable bonds is 1. The molecule has 76 valence electrons. The van der Waals surface area contributed by atoms with Crippen LogP contribution in [0.5, 0.6) is 0 Å². The summed E-state index contributed by atoms with van der Waals surface area (Å²) in [5.74, 6) is 0.122. The van der Waals surface area contributed by atoms with Crippen LogP contribution < -0.4 is 5.73 Å². The molecule has 2 rings (SSSR count). The SMILES string of the molecule is N[C@H]1CCN(C(=O)c2csc(I)c2)C1. The third kappa shape index (κ3) is 2.09. The second-order valence-electron chi connectivity index (χ2n) is 3.44. The lowest BCUT2D eigenvalue weighted by Crippen LogP contribution is -2.31. The van der Waals surface area contributed by atoms with Crippen molar-refractivity contribution in [3.05, 3.63) is 19.9 Å². The van der Waals surface area contributed by atoms with Crippen LogP contribution in [0.2, 0.25) is 0 Å². The van der Waals surface area contributed by atoms with E-state index in [1.807, 2.05) is 16.3 Å². The summed E-state index contributed by atoms with van der Waals surface area (Å²) >= 11 is 3.82. The van der Waals surface area contributed by atoms with E-state index in [0.29, 0.717) is 6.54 Å². The number of likely N-dealkylation sites (tertiary alicyclic amines) is 1. The Hall–Kier alpha value is -0.140. The van der Waals surface area contributed by atoms with Crippen LogP contribution in [0.15, 0.2) is 11.4 Å². The van der Waals surface area contributed by atoms with E-state index in [2.05, 4.69) is 22.6 Å². The van der Waals surface area contributed by atoms with Crippen molar-refractivity contribution in [2.75, 3.05) is 13.1 Å². The van der Waals surface area contributed by atoms with Gasteiger partial charge in [0.2, 0.25) is 0 Å². The molecular weight excluding hydrogens is 311 g/mol. The molecule has 5 heteroatoms. The lowest BCUT2D eigenvalue weighted by atomic mass is 10.3. The Morgan fingerprint density at radius 2 is 2.50 bits per heavy atom. The molecule has 0 bridgehead atoms. The van der Waals surface area contributed by atoms with Crippen LogP contribution in [0.1, 0.15) is 16.8 Å². The summed E-state index contributed by atoms with van der Waals surface area (Å²) in [6, 6.07) is 2.09. The molecule has 0 saturated carbocycles. The largest absolute Gasteiger partial charge is 0.337 e. The van der Waals surface area contributed by atoms with Gasteiger partial charge in [-0.1, -0.05) is 0 Å². The Labute approximate surface area is 100 Å². The Balaban J connectivity index is 2.09. The fourth-order valence-corrected chi connectivity index (χ4v) is 2.90. The van der Waals surface area contributed by atoms with Gasteiger partial charge in [0.1, 0.15) is 0 Å². The van der Waals surface area contributed by atoms with Crippen LogP contribution in [-0.2, 0) is 0 Å². The Kier molecular flexibility index (Phi) is 3.08. The van der Waals surface area contributed by atoms with Gasteiger partial charge >= 0.3 is 0 Å². The molecule has 2 N–H and O–H groups in total. The first-order valence-electron chi connectivity index (χ1n) is 4.45. The normalized spacial score (nSPS) is 21.6. The number of carbonyl (C=O) groups is 1. The Bertz CT molecular complexity index is 352. The Morgan fingerprint density at radius 1 is 1.71 bits per heavy atom. The Morgan fingerprint density at radius 3 is 3.00 bits per heavy atom. The third-order valence-corrected chi connectivity index (χ3v) is 4.12. The molecule has 0 radical (unpaired) electrons. The molecule has 0 aliphatic carbocycles. The summed E-state index contributed by atoms with van der Waals surface area (Å²) in [7, 11) is 0. The lowest BCUT2D eigenvalue weighted by molar-refractivity contribution is 0.0791. The first-order chi connectivity index (χ1) is 6.66. The van der Waals surface area contributed by atoms with E-state index in [9.17, 15) is 4.79 Å². The number of thiophene rings is 1. The predicted octanol–water partition coefficient (Wildman–Crippen LogP) is 1.53. The zero-order chi connectivity index (χ0) is 10.1. The molecule has 0 spiro atoms. The van der Waals surface area contributed by atoms with Crippen molar-refractivity contribution >= 4 is 39.8 Å². The molecule has 3 nitrogen and oxygen atoms in total. The highest BCUT2D eigenvalue weighted by Gasteiger charge is 2.24. The summed E-state index contributed by atoms with van der Waals surface area (Å²) in [4.78, 5) is 13.7. The number of carbonyl (C=O) groups excluding carboxylic acids is 1. The minimum absolute atomic E-state index is 0.122. The van der Waals surface area contributed by atoms with E-state index < -0.39 is 0 Å². The summed E-state index contributed by atoms with van der Waals surface area (Å²) < 4.78 is 1.15. The molecule has 1 aromatic heterocycles. The molecular formula is C9H11IN2OS. The molecule has 1 aliphatic rings. The van der Waals surface area contributed by atoms with Gasteiger partial charge in [-0.05, 0) is 35.1 Å². The van der Waals surface area contributed by atoms with Crippen LogP contribution in [0.4, 0.5) is 0 Å². The highest BCUT2D eigenvalue weighted by atomic mass is 127. The summed E-state index contributed by atoms with van der Waals surface area (Å²) in [6.07, 6.45) is 0.924. The molecule has 14 heavy (non-hydrogen) atoms. The number of hydrogen-bond acceptors (Lipinski definition) is 3. The average Bonchev–Trinajstić information content (AvgIpc) is 2.73. The van der Waals surface area contributed by atoms with Gasteiger partial charge < -0.3 is 10.6 Å². The van der Waals surface area contributed by atoms with Gasteiger partial charge in [0, 0.05) is 24.5 Å². The molecule has 1 aromatic rings. The van der Waals surface area contributed by atoms with Gasteiger partial charge in [-0.3, -0.25) is 4.79 Å². The first-order valence-corrected chi connectivity index (χ1v) is 6.41. The number of amides is 1. The monoisotopic (exact) mass is 322 g/mol. The van der Waals surface area contributed by atoms with Gasteiger partial charge in [-0.15, -0.1) is 11.3 Å². The number of hydrogen-bond donors (Lipinski definition) is 1. The third-order valence-electron chi connectivity index (χ3n) is 2.33. The van der Waals surface area contributed by atoms with Crippen LogP contribution in [0.25, 0.3) is 0 Å². The van der Waals surface area contributed by atoms with E-state index in [1.165, 1.54) is 0 Å². The van der Waals surface area contributed by atoms with Crippen molar-refractivity contribution in [2.45, 2.75) is 12.5 Å². The number of nitrogens with zero attached hydrogens (tertiary/aromatic N) is 1. The van der Waals surface area contributed by atoms with Crippen molar-refractivity contribution in [3.63, 3.8) is 0 Å². The van der Waals surface area contributed by atoms with Gasteiger partial charge in [0.15, 0.2) is 0 Å². The maximum atomic E-state index is 11.9. The van der Waals surface area contributed by atoms with E-state index in [-0.39, 0.29) is 11.9 Å². The fourth-order valence-electron chi connectivity index (χ4n) is 1.58. The van der Waals surface area contributed by atoms with E-state index in [4.69, 9.17) is 5.73 Å². The highest BCUT2D eigenvalue weighted by Crippen LogP contribution is 2.19. The minimum atomic E-state index is 0.122. The van der Waals surface area contributed by atoms with Crippen molar-refractivity contribution in [1.29, 1.82) is 0 Å². The van der Waals surface area contributed by atoms with E-state index >= 15 is 0 Å². The van der Waals surface area contributed by atoms with Crippen molar-refractivity contribution in [1.82, 2.24) is 4.90 Å². The second-order valence-corrected chi connectivity index (χ2v) is 6.24.